The topological polar surface area (TPSA) is 66.6 Å². The van der Waals surface area contributed by atoms with Gasteiger partial charge in [0.1, 0.15) is 5.54 Å². The lowest BCUT2D eigenvalue weighted by atomic mass is 9.85. The molecule has 0 amide bonds. The van der Waals surface area contributed by atoms with E-state index in [2.05, 4.69) is 11.8 Å². The fraction of sp³-hybridized carbons (Fsp3) is 0.929. The van der Waals surface area contributed by atoms with E-state index in [1.807, 2.05) is 0 Å². The van der Waals surface area contributed by atoms with Crippen molar-refractivity contribution in [3.63, 3.8) is 0 Å². The molecule has 0 bridgehead atoms. The van der Waals surface area contributed by atoms with E-state index in [1.54, 1.807) is 0 Å². The Labute approximate surface area is 110 Å². The summed E-state index contributed by atoms with van der Waals surface area (Å²) in [7, 11) is 0. The summed E-state index contributed by atoms with van der Waals surface area (Å²) in [5.74, 6) is -0.647. The first-order valence-electron chi connectivity index (χ1n) is 7.34. The molecule has 4 nitrogen and oxygen atoms in total. The molecule has 0 aromatic carbocycles. The van der Waals surface area contributed by atoms with Crippen molar-refractivity contribution in [2.75, 3.05) is 13.1 Å². The van der Waals surface area contributed by atoms with Gasteiger partial charge >= 0.3 is 5.97 Å². The van der Waals surface area contributed by atoms with Gasteiger partial charge in [0, 0.05) is 6.04 Å². The molecule has 3 unspecified atom stereocenters. The van der Waals surface area contributed by atoms with Crippen LogP contribution in [0, 0.1) is 5.92 Å². The summed E-state index contributed by atoms with van der Waals surface area (Å²) in [5, 5.41) is 9.29. The molecule has 0 spiro atoms. The molecule has 104 valence electrons. The minimum absolute atomic E-state index is 0.160. The Morgan fingerprint density at radius 2 is 2.22 bits per heavy atom. The monoisotopic (exact) mass is 254 g/mol. The molecule has 1 saturated carbocycles. The standard InChI is InChI=1S/C14H26N2O2/c1-2-12-6-4-9-16(12)10-7-11-5-3-8-14(11,15)13(17)18/h11-12H,2-10,15H2,1H3,(H,17,18). The lowest BCUT2D eigenvalue weighted by Crippen LogP contribution is -2.51. The fourth-order valence-electron chi connectivity index (χ4n) is 3.76. The maximum atomic E-state index is 11.3. The number of carboxylic acids is 1. The number of carboxylic acid groups (broad SMARTS) is 1. The Balaban J connectivity index is 1.88. The molecule has 18 heavy (non-hydrogen) atoms. The van der Waals surface area contributed by atoms with E-state index in [1.165, 1.54) is 25.8 Å². The van der Waals surface area contributed by atoms with E-state index < -0.39 is 11.5 Å². The number of rotatable bonds is 5. The van der Waals surface area contributed by atoms with Crippen molar-refractivity contribution in [1.29, 1.82) is 0 Å². The van der Waals surface area contributed by atoms with Gasteiger partial charge in [-0.15, -0.1) is 0 Å². The normalized spacial score (nSPS) is 37.2. The molecule has 1 heterocycles. The molecule has 0 aromatic heterocycles. The lowest BCUT2D eigenvalue weighted by molar-refractivity contribution is -0.144. The van der Waals surface area contributed by atoms with E-state index >= 15 is 0 Å². The summed E-state index contributed by atoms with van der Waals surface area (Å²) < 4.78 is 0. The Morgan fingerprint density at radius 1 is 1.44 bits per heavy atom. The molecule has 2 aliphatic rings. The molecular weight excluding hydrogens is 228 g/mol. The van der Waals surface area contributed by atoms with Crippen molar-refractivity contribution in [3.8, 4) is 0 Å². The van der Waals surface area contributed by atoms with Crippen LogP contribution in [0.2, 0.25) is 0 Å². The van der Waals surface area contributed by atoms with Crippen LogP contribution in [0.25, 0.3) is 0 Å². The van der Waals surface area contributed by atoms with Gasteiger partial charge in [0.25, 0.3) is 0 Å². The van der Waals surface area contributed by atoms with Gasteiger partial charge in [-0.2, -0.15) is 0 Å². The summed E-state index contributed by atoms with van der Waals surface area (Å²) in [6.45, 7) is 4.44. The second-order valence-electron chi connectivity index (χ2n) is 5.96. The highest BCUT2D eigenvalue weighted by Crippen LogP contribution is 2.37. The second kappa shape index (κ2) is 5.57. The molecule has 4 heteroatoms. The Kier molecular flexibility index (Phi) is 4.28. The first kappa shape index (κ1) is 13.8. The largest absolute Gasteiger partial charge is 0.480 e. The highest BCUT2D eigenvalue weighted by molar-refractivity contribution is 5.79. The minimum atomic E-state index is -0.957. The number of nitrogens with two attached hydrogens (primary N) is 1. The molecule has 2 rings (SSSR count). The molecule has 3 atom stereocenters. The van der Waals surface area contributed by atoms with Crippen LogP contribution in [0.1, 0.15) is 51.9 Å². The second-order valence-corrected chi connectivity index (χ2v) is 5.96. The third kappa shape index (κ3) is 2.54. The molecule has 1 aliphatic carbocycles. The zero-order chi connectivity index (χ0) is 13.2. The van der Waals surface area contributed by atoms with Crippen LogP contribution in [0.5, 0.6) is 0 Å². The predicted molar refractivity (Wildman–Crippen MR) is 71.4 cm³/mol. The van der Waals surface area contributed by atoms with Gasteiger partial charge in [0.05, 0.1) is 0 Å². The van der Waals surface area contributed by atoms with Gasteiger partial charge in [0.15, 0.2) is 0 Å². The number of likely N-dealkylation sites (tertiary alicyclic amines) is 1. The van der Waals surface area contributed by atoms with Crippen LogP contribution in [-0.2, 0) is 4.79 Å². The van der Waals surface area contributed by atoms with E-state index in [4.69, 9.17) is 5.73 Å². The quantitative estimate of drug-likeness (QED) is 0.785. The van der Waals surface area contributed by atoms with Crippen molar-refractivity contribution < 1.29 is 9.90 Å². The maximum Gasteiger partial charge on any atom is 0.323 e. The molecular formula is C14H26N2O2. The van der Waals surface area contributed by atoms with E-state index in [0.29, 0.717) is 12.5 Å². The zero-order valence-electron chi connectivity index (χ0n) is 11.4. The summed E-state index contributed by atoms with van der Waals surface area (Å²) in [4.78, 5) is 13.8. The van der Waals surface area contributed by atoms with Crippen molar-refractivity contribution in [2.24, 2.45) is 11.7 Å². The average Bonchev–Trinajstić information content (AvgIpc) is 2.93. The van der Waals surface area contributed by atoms with Crippen LogP contribution < -0.4 is 5.73 Å². The zero-order valence-corrected chi connectivity index (χ0v) is 11.4. The number of hydrogen-bond donors (Lipinski definition) is 2. The number of nitrogens with zero attached hydrogens (tertiary/aromatic N) is 1. The summed E-state index contributed by atoms with van der Waals surface area (Å²) in [5.41, 5.74) is 5.12. The molecule has 1 aliphatic heterocycles. The van der Waals surface area contributed by atoms with Gasteiger partial charge in [-0.3, -0.25) is 4.79 Å². The third-order valence-electron chi connectivity index (χ3n) is 5.00. The molecule has 0 aromatic rings. The maximum absolute atomic E-state index is 11.3. The van der Waals surface area contributed by atoms with Crippen molar-refractivity contribution >= 4 is 5.97 Å². The van der Waals surface area contributed by atoms with Crippen molar-refractivity contribution in [2.45, 2.75) is 63.5 Å². The summed E-state index contributed by atoms with van der Waals surface area (Å²) in [6.07, 6.45) is 7.32. The number of hydrogen-bond acceptors (Lipinski definition) is 3. The Morgan fingerprint density at radius 3 is 2.89 bits per heavy atom. The third-order valence-corrected chi connectivity index (χ3v) is 5.00. The van der Waals surface area contributed by atoms with Crippen LogP contribution in [0.4, 0.5) is 0 Å². The van der Waals surface area contributed by atoms with Crippen LogP contribution in [0.15, 0.2) is 0 Å². The number of carbonyl (C=O) groups is 1. The number of aliphatic carboxylic acids is 1. The summed E-state index contributed by atoms with van der Waals surface area (Å²) in [6, 6.07) is 0.711. The lowest BCUT2D eigenvalue weighted by Gasteiger charge is -2.30. The van der Waals surface area contributed by atoms with E-state index in [9.17, 15) is 9.90 Å². The fourth-order valence-corrected chi connectivity index (χ4v) is 3.76. The smallest absolute Gasteiger partial charge is 0.323 e. The molecule has 1 saturated heterocycles. The minimum Gasteiger partial charge on any atom is -0.480 e. The summed E-state index contributed by atoms with van der Waals surface area (Å²) >= 11 is 0. The van der Waals surface area contributed by atoms with Crippen molar-refractivity contribution in [3.05, 3.63) is 0 Å². The van der Waals surface area contributed by atoms with Crippen LogP contribution >= 0.6 is 0 Å². The first-order chi connectivity index (χ1) is 8.58. The van der Waals surface area contributed by atoms with Crippen molar-refractivity contribution in [1.82, 2.24) is 4.90 Å². The van der Waals surface area contributed by atoms with Gasteiger partial charge in [-0.1, -0.05) is 13.3 Å². The predicted octanol–water partition coefficient (Wildman–Crippen LogP) is 1.83. The average molecular weight is 254 g/mol. The van der Waals surface area contributed by atoms with E-state index in [0.717, 1.165) is 25.8 Å². The van der Waals surface area contributed by atoms with Gasteiger partial charge in [0.2, 0.25) is 0 Å². The molecule has 3 N–H and O–H groups in total. The van der Waals surface area contributed by atoms with E-state index in [-0.39, 0.29) is 5.92 Å². The SMILES string of the molecule is CCC1CCCN1CCC1CCCC1(N)C(=O)O. The Bertz CT molecular complexity index is 308. The first-order valence-corrected chi connectivity index (χ1v) is 7.34. The van der Waals surface area contributed by atoms with Gasteiger partial charge in [-0.05, 0) is 57.5 Å². The molecule has 2 fully saturated rings. The van der Waals surface area contributed by atoms with Crippen LogP contribution in [0.3, 0.4) is 0 Å². The highest BCUT2D eigenvalue weighted by Gasteiger charge is 2.45. The van der Waals surface area contributed by atoms with Gasteiger partial charge in [-0.25, -0.2) is 0 Å². The molecule has 0 radical (unpaired) electrons. The van der Waals surface area contributed by atoms with Crippen LogP contribution in [-0.4, -0.2) is 40.6 Å². The highest BCUT2D eigenvalue weighted by atomic mass is 16.4. The van der Waals surface area contributed by atoms with Gasteiger partial charge < -0.3 is 15.7 Å². The Hall–Kier alpha value is -0.610.